The van der Waals surface area contributed by atoms with Gasteiger partial charge in [0.25, 0.3) is 5.56 Å². The summed E-state index contributed by atoms with van der Waals surface area (Å²) in [4.78, 5) is 37.2. The first kappa shape index (κ1) is 22.5. The van der Waals surface area contributed by atoms with Gasteiger partial charge in [0, 0.05) is 24.7 Å². The van der Waals surface area contributed by atoms with Gasteiger partial charge >= 0.3 is 5.97 Å². The molecule has 1 amide bonds. The molecule has 1 aliphatic rings. The Kier molecular flexibility index (Phi) is 5.86. The lowest BCUT2D eigenvalue weighted by Crippen LogP contribution is -2.31. The second kappa shape index (κ2) is 9.13. The number of carbonyl (C=O) groups is 2. The van der Waals surface area contributed by atoms with Crippen molar-refractivity contribution in [3.8, 4) is 11.1 Å². The molecule has 1 N–H and O–H groups in total. The molecule has 0 radical (unpaired) electrons. The van der Waals surface area contributed by atoms with Gasteiger partial charge < -0.3 is 14.6 Å². The number of hydrogen-bond acceptors (Lipinski definition) is 4. The molecular weight excluding hydrogens is 454 g/mol. The molecule has 0 saturated carbocycles. The molecule has 3 aromatic carbocycles. The highest BCUT2D eigenvalue weighted by Gasteiger charge is 2.32. The molecule has 0 fully saturated rings. The van der Waals surface area contributed by atoms with Crippen molar-refractivity contribution in [1.82, 2.24) is 9.88 Å². The molecule has 0 aliphatic carbocycles. The van der Waals surface area contributed by atoms with E-state index in [0.717, 1.165) is 0 Å². The number of rotatable bonds is 6. The predicted octanol–water partition coefficient (Wildman–Crippen LogP) is 4.36. The first-order valence-electron chi connectivity index (χ1n) is 11.1. The Labute approximate surface area is 198 Å². The van der Waals surface area contributed by atoms with Crippen LogP contribution in [0.3, 0.4) is 0 Å². The lowest BCUT2D eigenvalue weighted by Gasteiger charge is -2.13. The number of amides is 1. The van der Waals surface area contributed by atoms with Gasteiger partial charge in [-0.15, -0.1) is 0 Å². The van der Waals surface area contributed by atoms with E-state index in [1.165, 1.54) is 34.9 Å². The summed E-state index contributed by atoms with van der Waals surface area (Å²) in [5.41, 5.74) is 2.37. The van der Waals surface area contributed by atoms with Crippen molar-refractivity contribution in [2.45, 2.75) is 19.1 Å². The van der Waals surface area contributed by atoms with Crippen LogP contribution in [0.4, 0.5) is 8.78 Å². The maximum absolute atomic E-state index is 13.7. The van der Waals surface area contributed by atoms with Crippen molar-refractivity contribution >= 4 is 22.8 Å². The van der Waals surface area contributed by atoms with Crippen molar-refractivity contribution in [2.75, 3.05) is 6.54 Å². The Morgan fingerprint density at radius 2 is 1.69 bits per heavy atom. The second-order valence-corrected chi connectivity index (χ2v) is 8.29. The summed E-state index contributed by atoms with van der Waals surface area (Å²) in [5, 5.41) is 3.44. The van der Waals surface area contributed by atoms with Gasteiger partial charge in [0.2, 0.25) is 5.91 Å². The van der Waals surface area contributed by atoms with Crippen LogP contribution in [0.25, 0.3) is 22.0 Å². The number of aromatic nitrogens is 1. The first-order chi connectivity index (χ1) is 16.9. The van der Waals surface area contributed by atoms with Gasteiger partial charge in [-0.05, 0) is 59.0 Å². The topological polar surface area (TPSA) is 77.4 Å². The van der Waals surface area contributed by atoms with Crippen LogP contribution in [-0.2, 0) is 16.1 Å². The van der Waals surface area contributed by atoms with Crippen molar-refractivity contribution in [3.05, 3.63) is 106 Å². The van der Waals surface area contributed by atoms with E-state index in [0.29, 0.717) is 33.2 Å². The summed E-state index contributed by atoms with van der Waals surface area (Å²) in [6.45, 7) is 0.295. The van der Waals surface area contributed by atoms with Crippen molar-refractivity contribution in [3.63, 3.8) is 0 Å². The molecule has 0 spiro atoms. The average molecular weight is 474 g/mol. The Bertz CT molecular complexity index is 1530. The van der Waals surface area contributed by atoms with Crippen molar-refractivity contribution < 1.29 is 23.1 Å². The minimum atomic E-state index is -0.742. The molecule has 2 heterocycles. The highest BCUT2D eigenvalue weighted by Crippen LogP contribution is 2.35. The van der Waals surface area contributed by atoms with Crippen LogP contribution in [0.5, 0.6) is 0 Å². The number of carbonyl (C=O) groups excluding carboxylic acids is 2. The molecule has 5 rings (SSSR count). The number of benzene rings is 3. The van der Waals surface area contributed by atoms with Gasteiger partial charge in [0.05, 0.1) is 17.5 Å². The van der Waals surface area contributed by atoms with Crippen LogP contribution in [-0.4, -0.2) is 23.0 Å². The van der Waals surface area contributed by atoms with Gasteiger partial charge in [-0.3, -0.25) is 9.59 Å². The summed E-state index contributed by atoms with van der Waals surface area (Å²) in [7, 11) is 0. The standard InChI is InChI=1S/C27H20F2N2O4/c28-19-3-1-2-17(12-19)18-5-8-21-22(13-18)27(34)35-24(21)15-25(32)30-10-11-31-23-14-20(29)7-4-16(23)6-9-26(31)33/h1-9,12-14,24H,10-11,15H2,(H,30,32). The zero-order valence-corrected chi connectivity index (χ0v) is 18.5. The highest BCUT2D eigenvalue weighted by molar-refractivity contribution is 5.96. The number of esters is 1. The summed E-state index contributed by atoms with van der Waals surface area (Å²) >= 11 is 0. The van der Waals surface area contributed by atoms with E-state index in [1.807, 2.05) is 0 Å². The van der Waals surface area contributed by atoms with E-state index in [-0.39, 0.29) is 36.8 Å². The van der Waals surface area contributed by atoms with Crippen LogP contribution in [0, 0.1) is 11.6 Å². The number of cyclic esters (lactones) is 1. The lowest BCUT2D eigenvalue weighted by molar-refractivity contribution is -0.123. The SMILES string of the molecule is O=C(CC1OC(=O)c2cc(-c3cccc(F)c3)ccc21)NCCn1c(=O)ccc2ccc(F)cc21. The average Bonchev–Trinajstić information content (AvgIpc) is 3.15. The molecule has 0 saturated heterocycles. The van der Waals surface area contributed by atoms with Crippen LogP contribution < -0.4 is 10.9 Å². The number of pyridine rings is 1. The fourth-order valence-electron chi connectivity index (χ4n) is 4.31. The molecule has 1 atom stereocenters. The summed E-state index contributed by atoms with van der Waals surface area (Å²) in [5.74, 6) is -1.73. The van der Waals surface area contributed by atoms with Crippen LogP contribution >= 0.6 is 0 Å². The quantitative estimate of drug-likeness (QED) is 0.421. The van der Waals surface area contributed by atoms with Crippen molar-refractivity contribution in [1.29, 1.82) is 0 Å². The molecule has 8 heteroatoms. The summed E-state index contributed by atoms with van der Waals surface area (Å²) in [6, 6.07) is 18.4. The third-order valence-electron chi connectivity index (χ3n) is 6.01. The smallest absolute Gasteiger partial charge is 0.339 e. The third kappa shape index (κ3) is 4.55. The molecule has 176 valence electrons. The lowest BCUT2D eigenvalue weighted by atomic mass is 9.97. The highest BCUT2D eigenvalue weighted by atomic mass is 19.1. The van der Waals surface area contributed by atoms with E-state index < -0.39 is 17.9 Å². The van der Waals surface area contributed by atoms with Crippen LogP contribution in [0.15, 0.2) is 77.6 Å². The molecule has 0 bridgehead atoms. The maximum Gasteiger partial charge on any atom is 0.339 e. The molecule has 1 unspecified atom stereocenters. The maximum atomic E-state index is 13.7. The minimum absolute atomic E-state index is 0.0862. The summed E-state index contributed by atoms with van der Waals surface area (Å²) < 4.78 is 34.0. The molecule has 4 aromatic rings. The molecule has 6 nitrogen and oxygen atoms in total. The Morgan fingerprint density at radius 3 is 2.51 bits per heavy atom. The number of halogens is 2. The number of nitrogens with zero attached hydrogens (tertiary/aromatic N) is 1. The minimum Gasteiger partial charge on any atom is -0.453 e. The normalized spacial score (nSPS) is 14.6. The molecule has 1 aromatic heterocycles. The van der Waals surface area contributed by atoms with E-state index in [9.17, 15) is 23.2 Å². The van der Waals surface area contributed by atoms with E-state index in [4.69, 9.17) is 4.74 Å². The summed E-state index contributed by atoms with van der Waals surface area (Å²) in [6.07, 6.45) is -0.828. The van der Waals surface area contributed by atoms with Gasteiger partial charge in [0.1, 0.15) is 17.7 Å². The largest absolute Gasteiger partial charge is 0.453 e. The van der Waals surface area contributed by atoms with Gasteiger partial charge in [-0.1, -0.05) is 24.3 Å². The third-order valence-corrected chi connectivity index (χ3v) is 6.01. The number of fused-ring (bicyclic) bond motifs is 2. The van der Waals surface area contributed by atoms with Gasteiger partial charge in [-0.2, -0.15) is 0 Å². The number of hydrogen-bond donors (Lipinski definition) is 1. The predicted molar refractivity (Wildman–Crippen MR) is 126 cm³/mol. The van der Waals surface area contributed by atoms with Crippen LogP contribution in [0.1, 0.15) is 28.4 Å². The van der Waals surface area contributed by atoms with Gasteiger partial charge in [0.15, 0.2) is 0 Å². The Morgan fingerprint density at radius 1 is 0.914 bits per heavy atom. The van der Waals surface area contributed by atoms with E-state index >= 15 is 0 Å². The van der Waals surface area contributed by atoms with Crippen LogP contribution in [0.2, 0.25) is 0 Å². The first-order valence-corrected chi connectivity index (χ1v) is 11.1. The molecule has 35 heavy (non-hydrogen) atoms. The molecule has 1 aliphatic heterocycles. The van der Waals surface area contributed by atoms with Gasteiger partial charge in [-0.25, -0.2) is 13.6 Å². The fraction of sp³-hybridized carbons (Fsp3) is 0.148. The number of ether oxygens (including phenoxy) is 1. The fourth-order valence-corrected chi connectivity index (χ4v) is 4.31. The van der Waals surface area contributed by atoms with Crippen molar-refractivity contribution in [2.24, 2.45) is 0 Å². The number of nitrogens with one attached hydrogen (secondary N) is 1. The zero-order chi connectivity index (χ0) is 24.5. The monoisotopic (exact) mass is 474 g/mol. The Hall–Kier alpha value is -4.33. The zero-order valence-electron chi connectivity index (χ0n) is 18.5. The Balaban J connectivity index is 1.25. The second-order valence-electron chi connectivity index (χ2n) is 8.29. The molecular formula is C27H20F2N2O4. The van der Waals surface area contributed by atoms with E-state index in [2.05, 4.69) is 5.32 Å². The van der Waals surface area contributed by atoms with E-state index in [1.54, 1.807) is 42.5 Å².